The van der Waals surface area contributed by atoms with Gasteiger partial charge in [-0.3, -0.25) is 9.59 Å². The van der Waals surface area contributed by atoms with Crippen molar-refractivity contribution in [3.8, 4) is 0 Å². The molecule has 0 spiro atoms. The minimum Gasteiger partial charge on any atom is -0.481 e. The summed E-state index contributed by atoms with van der Waals surface area (Å²) in [5, 5.41) is 8.48. The fourth-order valence-corrected chi connectivity index (χ4v) is 2.04. The maximum absolute atomic E-state index is 11.4. The second-order valence-electron chi connectivity index (χ2n) is 5.58. The van der Waals surface area contributed by atoms with Crippen molar-refractivity contribution in [1.29, 1.82) is 0 Å². The summed E-state index contributed by atoms with van der Waals surface area (Å²) in [7, 11) is 0. The molecule has 1 rings (SSSR count). The Kier molecular flexibility index (Phi) is 13.0. The van der Waals surface area contributed by atoms with Crippen molar-refractivity contribution in [2.45, 2.75) is 32.3 Å². The van der Waals surface area contributed by atoms with Gasteiger partial charge in [0.15, 0.2) is 0 Å². The molecule has 7 nitrogen and oxygen atoms in total. The molecule has 0 atom stereocenters. The van der Waals surface area contributed by atoms with Crippen LogP contribution in [-0.4, -0.2) is 56.7 Å². The minimum atomic E-state index is -0.850. The van der Waals surface area contributed by atoms with Gasteiger partial charge in [0.25, 0.3) is 0 Å². The largest absolute Gasteiger partial charge is 0.481 e. The lowest BCUT2D eigenvalue weighted by atomic mass is 10.2. The number of esters is 1. The first-order valence-electron chi connectivity index (χ1n) is 8.83. The highest BCUT2D eigenvalue weighted by Gasteiger charge is 2.04. The summed E-state index contributed by atoms with van der Waals surface area (Å²) < 4.78 is 21.1. The Hall–Kier alpha value is -1.96. The Morgan fingerprint density at radius 2 is 1.35 bits per heavy atom. The van der Waals surface area contributed by atoms with E-state index in [-0.39, 0.29) is 25.4 Å². The molecule has 26 heavy (non-hydrogen) atoms. The Morgan fingerprint density at radius 1 is 0.769 bits per heavy atom. The molecule has 0 fully saturated rings. The molecular formula is C19H28O7. The van der Waals surface area contributed by atoms with Crippen molar-refractivity contribution in [2.24, 2.45) is 0 Å². The van der Waals surface area contributed by atoms with Crippen LogP contribution in [0.2, 0.25) is 0 Å². The first kappa shape index (κ1) is 22.1. The molecule has 0 saturated carbocycles. The van der Waals surface area contributed by atoms with Crippen LogP contribution in [0.5, 0.6) is 0 Å². The number of hydrogen-bond acceptors (Lipinski definition) is 6. The van der Waals surface area contributed by atoms with Crippen molar-refractivity contribution in [3.63, 3.8) is 0 Å². The van der Waals surface area contributed by atoms with Crippen LogP contribution in [0.1, 0.15) is 31.2 Å². The van der Waals surface area contributed by atoms with Crippen LogP contribution >= 0.6 is 0 Å². The van der Waals surface area contributed by atoms with Gasteiger partial charge in [-0.25, -0.2) is 0 Å². The quantitative estimate of drug-likeness (QED) is 0.354. The molecule has 7 heteroatoms. The van der Waals surface area contributed by atoms with Crippen LogP contribution in [0.3, 0.4) is 0 Å². The Morgan fingerprint density at radius 3 is 2.00 bits per heavy atom. The summed E-state index contributed by atoms with van der Waals surface area (Å²) >= 11 is 0. The average Bonchev–Trinajstić information content (AvgIpc) is 2.64. The standard InChI is InChI=1S/C19H28O7/c20-18(21)8-4-5-9-19(22)26-15-14-24-11-10-23-12-13-25-16-17-6-2-1-3-7-17/h1-3,6-7H,4-5,8-16H2,(H,20,21). The number of carboxylic acids is 1. The normalized spacial score (nSPS) is 10.6. The van der Waals surface area contributed by atoms with Gasteiger partial charge in [-0.05, 0) is 18.4 Å². The highest BCUT2D eigenvalue weighted by Crippen LogP contribution is 2.01. The second-order valence-corrected chi connectivity index (χ2v) is 5.58. The van der Waals surface area contributed by atoms with Crippen LogP contribution < -0.4 is 0 Å². The average molecular weight is 368 g/mol. The number of ether oxygens (including phenoxy) is 4. The van der Waals surface area contributed by atoms with Crippen LogP contribution in [0.4, 0.5) is 0 Å². The van der Waals surface area contributed by atoms with Crippen molar-refractivity contribution in [1.82, 2.24) is 0 Å². The minimum absolute atomic E-state index is 0.0771. The predicted octanol–water partition coefficient (Wildman–Crippen LogP) is 2.42. The molecule has 0 saturated heterocycles. The molecule has 0 aliphatic carbocycles. The van der Waals surface area contributed by atoms with E-state index in [2.05, 4.69) is 0 Å². The molecule has 0 aliphatic rings. The summed E-state index contributed by atoms with van der Waals surface area (Å²) in [6.45, 7) is 2.98. The first-order valence-corrected chi connectivity index (χ1v) is 8.83. The molecule has 0 unspecified atom stereocenters. The fourth-order valence-electron chi connectivity index (χ4n) is 2.04. The number of carboxylic acid groups (broad SMARTS) is 1. The van der Waals surface area contributed by atoms with Crippen molar-refractivity contribution in [2.75, 3.05) is 39.6 Å². The summed E-state index contributed by atoms with van der Waals surface area (Å²) in [6.07, 6.45) is 1.31. The second kappa shape index (κ2) is 15.3. The molecule has 0 aliphatic heterocycles. The third-order valence-corrected chi connectivity index (χ3v) is 3.37. The van der Waals surface area contributed by atoms with Gasteiger partial charge in [0.05, 0.1) is 39.6 Å². The Labute approximate surface area is 154 Å². The molecule has 146 valence electrons. The van der Waals surface area contributed by atoms with Gasteiger partial charge in [-0.1, -0.05) is 30.3 Å². The van der Waals surface area contributed by atoms with E-state index >= 15 is 0 Å². The van der Waals surface area contributed by atoms with E-state index < -0.39 is 5.97 Å². The van der Waals surface area contributed by atoms with E-state index in [1.54, 1.807) is 0 Å². The summed E-state index contributed by atoms with van der Waals surface area (Å²) in [6, 6.07) is 9.94. The zero-order valence-corrected chi connectivity index (χ0v) is 15.1. The van der Waals surface area contributed by atoms with Crippen molar-refractivity contribution >= 4 is 11.9 Å². The number of carbonyl (C=O) groups excluding carboxylic acids is 1. The lowest BCUT2D eigenvalue weighted by Crippen LogP contribution is -2.14. The third-order valence-electron chi connectivity index (χ3n) is 3.37. The van der Waals surface area contributed by atoms with Gasteiger partial charge in [-0.15, -0.1) is 0 Å². The molecule has 1 aromatic carbocycles. The number of rotatable bonds is 16. The van der Waals surface area contributed by atoms with Gasteiger partial charge in [0.2, 0.25) is 0 Å². The summed E-state index contributed by atoms with van der Waals surface area (Å²) in [5.41, 5.74) is 1.13. The number of hydrogen-bond donors (Lipinski definition) is 1. The summed E-state index contributed by atoms with van der Waals surface area (Å²) in [5.74, 6) is -1.18. The number of aliphatic carboxylic acids is 1. The van der Waals surface area contributed by atoms with Crippen molar-refractivity contribution < 1.29 is 33.6 Å². The van der Waals surface area contributed by atoms with E-state index in [9.17, 15) is 9.59 Å². The van der Waals surface area contributed by atoms with E-state index in [1.165, 1.54) is 0 Å². The topological polar surface area (TPSA) is 91.3 Å². The van der Waals surface area contributed by atoms with E-state index in [0.29, 0.717) is 52.5 Å². The van der Waals surface area contributed by atoms with Gasteiger partial charge in [0.1, 0.15) is 6.61 Å². The van der Waals surface area contributed by atoms with Crippen LogP contribution in [0.15, 0.2) is 30.3 Å². The smallest absolute Gasteiger partial charge is 0.305 e. The molecule has 0 bridgehead atoms. The monoisotopic (exact) mass is 368 g/mol. The zero-order valence-electron chi connectivity index (χ0n) is 15.1. The molecule has 1 N–H and O–H groups in total. The highest BCUT2D eigenvalue weighted by atomic mass is 16.6. The van der Waals surface area contributed by atoms with E-state index in [0.717, 1.165) is 5.56 Å². The molecule has 0 aromatic heterocycles. The van der Waals surface area contributed by atoms with Gasteiger partial charge < -0.3 is 24.1 Å². The molecular weight excluding hydrogens is 340 g/mol. The van der Waals surface area contributed by atoms with Crippen LogP contribution in [-0.2, 0) is 35.1 Å². The van der Waals surface area contributed by atoms with Crippen LogP contribution in [0, 0.1) is 0 Å². The van der Waals surface area contributed by atoms with Crippen molar-refractivity contribution in [3.05, 3.63) is 35.9 Å². The van der Waals surface area contributed by atoms with Gasteiger partial charge >= 0.3 is 11.9 Å². The Bertz CT molecular complexity index is 490. The fraction of sp³-hybridized carbons (Fsp3) is 0.579. The Balaban J connectivity index is 1.79. The van der Waals surface area contributed by atoms with E-state index in [1.807, 2.05) is 30.3 Å². The van der Waals surface area contributed by atoms with Gasteiger partial charge in [0, 0.05) is 12.8 Å². The lowest BCUT2D eigenvalue weighted by molar-refractivity contribution is -0.146. The maximum Gasteiger partial charge on any atom is 0.305 e. The van der Waals surface area contributed by atoms with E-state index in [4.69, 9.17) is 24.1 Å². The number of carbonyl (C=O) groups is 2. The van der Waals surface area contributed by atoms with Gasteiger partial charge in [-0.2, -0.15) is 0 Å². The zero-order chi connectivity index (χ0) is 18.9. The number of benzene rings is 1. The lowest BCUT2D eigenvalue weighted by Gasteiger charge is -2.07. The molecule has 1 aromatic rings. The van der Waals surface area contributed by atoms with Crippen LogP contribution in [0.25, 0.3) is 0 Å². The summed E-state index contributed by atoms with van der Waals surface area (Å²) in [4.78, 5) is 21.7. The third kappa shape index (κ3) is 13.3. The number of unbranched alkanes of at least 4 members (excludes halogenated alkanes) is 1. The highest BCUT2D eigenvalue weighted by molar-refractivity contribution is 5.69. The SMILES string of the molecule is O=C(O)CCCCC(=O)OCCOCCOCCOCc1ccccc1. The first-order chi connectivity index (χ1) is 12.7. The maximum atomic E-state index is 11.4. The molecule has 0 radical (unpaired) electrons. The molecule has 0 heterocycles. The predicted molar refractivity (Wildman–Crippen MR) is 94.8 cm³/mol. The molecule has 0 amide bonds.